The van der Waals surface area contributed by atoms with Crippen molar-refractivity contribution in [2.45, 2.75) is 6.61 Å². The Morgan fingerprint density at radius 3 is 2.22 bits per heavy atom. The van der Waals surface area contributed by atoms with E-state index in [1.54, 1.807) is 31.4 Å². The molecule has 0 bridgehead atoms. The highest BCUT2D eigenvalue weighted by atomic mass is 16.7. The molecule has 0 aliphatic carbocycles. The summed E-state index contributed by atoms with van der Waals surface area (Å²) in [4.78, 5) is 16.8. The van der Waals surface area contributed by atoms with E-state index in [1.807, 2.05) is 54.6 Å². The molecule has 0 amide bonds. The summed E-state index contributed by atoms with van der Waals surface area (Å²) in [5.41, 5.74) is 2.30. The van der Waals surface area contributed by atoms with Gasteiger partial charge >= 0.3 is 5.97 Å². The molecule has 0 atom stereocenters. The molecule has 0 spiro atoms. The van der Waals surface area contributed by atoms with Gasteiger partial charge in [0, 0.05) is 0 Å². The Bertz CT molecular complexity index is 888. The highest BCUT2D eigenvalue weighted by molar-refractivity contribution is 5.90. The molecule has 0 radical (unpaired) electrons. The summed E-state index contributed by atoms with van der Waals surface area (Å²) >= 11 is 0. The van der Waals surface area contributed by atoms with Gasteiger partial charge in [0.25, 0.3) is 0 Å². The summed E-state index contributed by atoms with van der Waals surface area (Å²) in [5.74, 6) is 0.896. The van der Waals surface area contributed by atoms with Crippen LogP contribution in [0, 0.1) is 0 Å². The lowest BCUT2D eigenvalue weighted by Gasteiger charge is -2.06. The van der Waals surface area contributed by atoms with Gasteiger partial charge in [-0.15, -0.1) is 0 Å². The fraction of sp³-hybridized carbons (Fsp3) is 0.0909. The van der Waals surface area contributed by atoms with Gasteiger partial charge in [0.1, 0.15) is 18.1 Å². The van der Waals surface area contributed by atoms with Crippen LogP contribution in [-0.4, -0.2) is 19.3 Å². The maximum Gasteiger partial charge on any atom is 0.365 e. The third-order valence-electron chi connectivity index (χ3n) is 3.79. The molecule has 3 rings (SSSR count). The normalized spacial score (nSPS) is 10.6. The van der Waals surface area contributed by atoms with Gasteiger partial charge in [-0.2, -0.15) is 0 Å². The SMILES string of the molecule is COc1ccc(C(=O)O/N=C/c2ccc(OCc3ccccc3)cc2)cc1. The van der Waals surface area contributed by atoms with Crippen LogP contribution in [0.5, 0.6) is 11.5 Å². The van der Waals surface area contributed by atoms with Crippen LogP contribution in [0.1, 0.15) is 21.5 Å². The van der Waals surface area contributed by atoms with Crippen LogP contribution in [0.3, 0.4) is 0 Å². The van der Waals surface area contributed by atoms with Crippen LogP contribution in [0.25, 0.3) is 0 Å². The van der Waals surface area contributed by atoms with E-state index in [1.165, 1.54) is 6.21 Å². The Kier molecular flexibility index (Phi) is 6.20. The number of carbonyl (C=O) groups excluding carboxylic acids is 1. The lowest BCUT2D eigenvalue weighted by Crippen LogP contribution is -2.01. The summed E-state index contributed by atoms with van der Waals surface area (Å²) in [6.07, 6.45) is 1.47. The second-order valence-corrected chi connectivity index (χ2v) is 5.69. The zero-order valence-electron chi connectivity index (χ0n) is 14.9. The molecule has 0 aromatic heterocycles. The first-order chi connectivity index (χ1) is 13.2. The van der Waals surface area contributed by atoms with Gasteiger partial charge in [-0.05, 0) is 59.7 Å². The number of rotatable bonds is 7. The molecule has 0 heterocycles. The fourth-order valence-electron chi connectivity index (χ4n) is 2.31. The average Bonchev–Trinajstić information content (AvgIpc) is 2.74. The lowest BCUT2D eigenvalue weighted by molar-refractivity contribution is 0.0519. The molecule has 136 valence electrons. The van der Waals surface area contributed by atoms with Crippen molar-refractivity contribution in [2.75, 3.05) is 7.11 Å². The molecule has 27 heavy (non-hydrogen) atoms. The molecule has 5 heteroatoms. The third-order valence-corrected chi connectivity index (χ3v) is 3.79. The number of benzene rings is 3. The van der Waals surface area contributed by atoms with Crippen LogP contribution in [-0.2, 0) is 11.4 Å². The van der Waals surface area contributed by atoms with Crippen LogP contribution in [0.2, 0.25) is 0 Å². The second kappa shape index (κ2) is 9.20. The number of hydrogen-bond acceptors (Lipinski definition) is 5. The smallest absolute Gasteiger partial charge is 0.365 e. The Labute approximate surface area is 157 Å². The molecule has 0 unspecified atom stereocenters. The van der Waals surface area contributed by atoms with E-state index in [0.717, 1.165) is 16.9 Å². The molecule has 0 saturated carbocycles. The van der Waals surface area contributed by atoms with E-state index in [-0.39, 0.29) is 0 Å². The molecule has 0 aliphatic rings. The van der Waals surface area contributed by atoms with Gasteiger partial charge in [-0.25, -0.2) is 4.79 Å². The molecule has 0 saturated heterocycles. The Morgan fingerprint density at radius 1 is 0.889 bits per heavy atom. The monoisotopic (exact) mass is 361 g/mol. The quantitative estimate of drug-likeness (QED) is 0.354. The molecular formula is C22H19NO4. The third kappa shape index (κ3) is 5.44. The molecule has 0 aliphatic heterocycles. The maximum absolute atomic E-state index is 11.9. The Hall–Kier alpha value is -3.60. The summed E-state index contributed by atoms with van der Waals surface area (Å²) in [5, 5.41) is 3.74. The molecule has 0 N–H and O–H groups in total. The summed E-state index contributed by atoms with van der Waals surface area (Å²) in [7, 11) is 1.57. The average molecular weight is 361 g/mol. The van der Waals surface area contributed by atoms with E-state index in [0.29, 0.717) is 17.9 Å². The van der Waals surface area contributed by atoms with E-state index in [4.69, 9.17) is 14.3 Å². The zero-order chi connectivity index (χ0) is 18.9. The van der Waals surface area contributed by atoms with Crippen molar-refractivity contribution in [1.82, 2.24) is 0 Å². The number of oxime groups is 1. The van der Waals surface area contributed by atoms with Gasteiger partial charge in [-0.3, -0.25) is 0 Å². The summed E-state index contributed by atoms with van der Waals surface area (Å²) in [6, 6.07) is 23.9. The van der Waals surface area contributed by atoms with Gasteiger partial charge < -0.3 is 14.3 Å². The van der Waals surface area contributed by atoms with Crippen molar-refractivity contribution in [2.24, 2.45) is 5.16 Å². The number of nitrogens with zero attached hydrogens (tertiary/aromatic N) is 1. The molecule has 5 nitrogen and oxygen atoms in total. The largest absolute Gasteiger partial charge is 0.497 e. The zero-order valence-corrected chi connectivity index (χ0v) is 14.9. The maximum atomic E-state index is 11.9. The Morgan fingerprint density at radius 2 is 1.56 bits per heavy atom. The minimum absolute atomic E-state index is 0.401. The molecular weight excluding hydrogens is 342 g/mol. The minimum atomic E-state index is -0.531. The van der Waals surface area contributed by atoms with E-state index in [2.05, 4.69) is 5.16 Å². The summed E-state index contributed by atoms with van der Waals surface area (Å²) in [6.45, 7) is 0.508. The summed E-state index contributed by atoms with van der Waals surface area (Å²) < 4.78 is 10.8. The van der Waals surface area contributed by atoms with Crippen molar-refractivity contribution in [1.29, 1.82) is 0 Å². The van der Waals surface area contributed by atoms with Crippen LogP contribution >= 0.6 is 0 Å². The highest BCUT2D eigenvalue weighted by Crippen LogP contribution is 2.14. The lowest BCUT2D eigenvalue weighted by atomic mass is 10.2. The topological polar surface area (TPSA) is 57.1 Å². The molecule has 3 aromatic carbocycles. The van der Waals surface area contributed by atoms with Crippen molar-refractivity contribution in [3.63, 3.8) is 0 Å². The fourth-order valence-corrected chi connectivity index (χ4v) is 2.31. The molecule has 3 aromatic rings. The van der Waals surface area contributed by atoms with Gasteiger partial charge in [-0.1, -0.05) is 35.5 Å². The van der Waals surface area contributed by atoms with Crippen LogP contribution < -0.4 is 9.47 Å². The van der Waals surface area contributed by atoms with Crippen molar-refractivity contribution >= 4 is 12.2 Å². The van der Waals surface area contributed by atoms with Gasteiger partial charge in [0.15, 0.2) is 0 Å². The first kappa shape index (κ1) is 18.2. The van der Waals surface area contributed by atoms with Gasteiger partial charge in [0.05, 0.1) is 18.9 Å². The standard InChI is InChI=1S/C22H19NO4/c1-25-20-13-9-19(10-14-20)22(24)27-23-15-17-7-11-21(12-8-17)26-16-18-5-3-2-4-6-18/h2-15H,16H2,1H3/b23-15+. The van der Waals surface area contributed by atoms with E-state index in [9.17, 15) is 4.79 Å². The Balaban J connectivity index is 1.50. The predicted octanol–water partition coefficient (Wildman–Crippen LogP) is 4.47. The van der Waals surface area contributed by atoms with Crippen molar-refractivity contribution in [3.05, 3.63) is 95.6 Å². The highest BCUT2D eigenvalue weighted by Gasteiger charge is 2.06. The number of ether oxygens (including phenoxy) is 2. The predicted molar refractivity (Wildman–Crippen MR) is 103 cm³/mol. The van der Waals surface area contributed by atoms with Crippen LogP contribution in [0.4, 0.5) is 0 Å². The number of carbonyl (C=O) groups is 1. The minimum Gasteiger partial charge on any atom is -0.497 e. The number of hydrogen-bond donors (Lipinski definition) is 0. The van der Waals surface area contributed by atoms with E-state index >= 15 is 0 Å². The first-order valence-electron chi connectivity index (χ1n) is 8.40. The first-order valence-corrected chi connectivity index (χ1v) is 8.40. The molecule has 0 fully saturated rings. The van der Waals surface area contributed by atoms with Crippen molar-refractivity contribution < 1.29 is 19.1 Å². The van der Waals surface area contributed by atoms with Crippen molar-refractivity contribution in [3.8, 4) is 11.5 Å². The second-order valence-electron chi connectivity index (χ2n) is 5.69. The van der Waals surface area contributed by atoms with E-state index < -0.39 is 5.97 Å². The van der Waals surface area contributed by atoms with Crippen LogP contribution in [0.15, 0.2) is 84.0 Å². The number of methoxy groups -OCH3 is 1. The van der Waals surface area contributed by atoms with Gasteiger partial charge in [0.2, 0.25) is 0 Å².